The first-order valence-electron chi connectivity index (χ1n) is 11.3. The van der Waals surface area contributed by atoms with Crippen LogP contribution in [-0.2, 0) is 4.74 Å². The zero-order valence-electron chi connectivity index (χ0n) is 18.9. The second-order valence-electron chi connectivity index (χ2n) is 8.20. The summed E-state index contributed by atoms with van der Waals surface area (Å²) in [6.45, 7) is 2.63. The number of halogens is 2. The smallest absolute Gasteiger partial charge is 0.277 e. The summed E-state index contributed by atoms with van der Waals surface area (Å²) in [4.78, 5) is 20.8. The number of carbonyl (C=O) groups excluding carboxylic acids is 1. The number of carbonyl (C=O) groups is 1. The molecule has 1 aliphatic rings. The van der Waals surface area contributed by atoms with Crippen LogP contribution in [0, 0.1) is 11.8 Å². The molecule has 0 aromatic carbocycles. The SMILES string of the molecule is CCO[C@H]1CC[C@H](n2cc(NC(=O)c3coc(-c4cn[nH]c4)n3)c(-c3nc(F)ccc3F)n2)CC1. The molecule has 2 N–H and O–H groups in total. The minimum absolute atomic E-state index is 0.00444. The van der Waals surface area contributed by atoms with Gasteiger partial charge in [-0.3, -0.25) is 14.6 Å². The lowest BCUT2D eigenvalue weighted by Gasteiger charge is -2.28. The molecule has 12 heteroatoms. The zero-order chi connectivity index (χ0) is 24.4. The largest absolute Gasteiger partial charge is 0.444 e. The van der Waals surface area contributed by atoms with Crippen molar-refractivity contribution in [1.82, 2.24) is 29.9 Å². The molecular weight excluding hydrogens is 460 g/mol. The van der Waals surface area contributed by atoms with Crippen LogP contribution in [0.4, 0.5) is 14.5 Å². The quantitative estimate of drug-likeness (QED) is 0.374. The van der Waals surface area contributed by atoms with Crippen molar-refractivity contribution in [2.45, 2.75) is 44.8 Å². The average Bonchev–Trinajstić information content (AvgIpc) is 3.62. The Morgan fingerprint density at radius 3 is 2.80 bits per heavy atom. The molecule has 1 amide bonds. The fourth-order valence-corrected chi connectivity index (χ4v) is 4.21. The molecule has 0 aliphatic heterocycles. The molecular formula is C23H23F2N7O3. The number of amides is 1. The summed E-state index contributed by atoms with van der Waals surface area (Å²) in [5.41, 5.74) is 0.505. The average molecular weight is 483 g/mol. The van der Waals surface area contributed by atoms with E-state index in [0.717, 1.165) is 37.8 Å². The van der Waals surface area contributed by atoms with Gasteiger partial charge in [0, 0.05) is 19.0 Å². The number of H-pyrrole nitrogens is 1. The van der Waals surface area contributed by atoms with Crippen LogP contribution in [0.15, 0.2) is 41.4 Å². The van der Waals surface area contributed by atoms with Crippen molar-refractivity contribution in [2.75, 3.05) is 11.9 Å². The topological polar surface area (TPSA) is 124 Å². The molecule has 0 bridgehead atoms. The Hall–Kier alpha value is -3.93. The van der Waals surface area contributed by atoms with Crippen LogP contribution in [0.3, 0.4) is 0 Å². The first kappa shape index (κ1) is 22.8. The summed E-state index contributed by atoms with van der Waals surface area (Å²) in [6, 6.07) is 1.92. The fraction of sp³-hybridized carbons (Fsp3) is 0.348. The molecule has 35 heavy (non-hydrogen) atoms. The van der Waals surface area contributed by atoms with Gasteiger partial charge in [0.05, 0.1) is 29.6 Å². The molecule has 0 radical (unpaired) electrons. The normalized spacial score (nSPS) is 18.0. The van der Waals surface area contributed by atoms with Gasteiger partial charge in [0.15, 0.2) is 11.5 Å². The zero-order valence-corrected chi connectivity index (χ0v) is 18.9. The van der Waals surface area contributed by atoms with Crippen LogP contribution in [0.5, 0.6) is 0 Å². The maximum absolute atomic E-state index is 14.6. The summed E-state index contributed by atoms with van der Waals surface area (Å²) in [5.74, 6) is -1.99. The number of hydrogen-bond acceptors (Lipinski definition) is 7. The Bertz CT molecular complexity index is 1310. The number of nitrogens with one attached hydrogen (secondary N) is 2. The molecule has 4 heterocycles. The van der Waals surface area contributed by atoms with Crippen LogP contribution in [0.2, 0.25) is 0 Å². The molecule has 4 aromatic rings. The molecule has 182 valence electrons. The van der Waals surface area contributed by atoms with Crippen molar-refractivity contribution in [1.29, 1.82) is 0 Å². The van der Waals surface area contributed by atoms with Gasteiger partial charge >= 0.3 is 0 Å². The molecule has 1 saturated carbocycles. The van der Waals surface area contributed by atoms with Gasteiger partial charge < -0.3 is 14.5 Å². The minimum Gasteiger partial charge on any atom is -0.444 e. The number of pyridine rings is 1. The predicted octanol–water partition coefficient (Wildman–Crippen LogP) is 4.37. The molecule has 0 spiro atoms. The Morgan fingerprint density at radius 2 is 2.06 bits per heavy atom. The van der Waals surface area contributed by atoms with Crippen LogP contribution in [0.25, 0.3) is 22.8 Å². The number of anilines is 1. The van der Waals surface area contributed by atoms with E-state index in [0.29, 0.717) is 12.2 Å². The van der Waals surface area contributed by atoms with Crippen molar-refractivity contribution < 1.29 is 22.7 Å². The molecule has 1 aliphatic carbocycles. The third kappa shape index (κ3) is 4.83. The number of ether oxygens (including phenoxy) is 1. The Kier molecular flexibility index (Phi) is 6.36. The highest BCUT2D eigenvalue weighted by atomic mass is 19.1. The molecule has 10 nitrogen and oxygen atoms in total. The number of nitrogens with zero attached hydrogens (tertiary/aromatic N) is 5. The Labute approximate surface area is 198 Å². The molecule has 0 atom stereocenters. The van der Waals surface area contributed by atoms with E-state index >= 15 is 0 Å². The first-order valence-corrected chi connectivity index (χ1v) is 11.3. The lowest BCUT2D eigenvalue weighted by atomic mass is 9.93. The summed E-state index contributed by atoms with van der Waals surface area (Å²) in [5, 5.41) is 13.7. The van der Waals surface area contributed by atoms with Gasteiger partial charge in [-0.15, -0.1) is 0 Å². The molecule has 0 saturated heterocycles. The number of aromatic amines is 1. The first-order chi connectivity index (χ1) is 17.0. The van der Waals surface area contributed by atoms with Gasteiger partial charge in [-0.1, -0.05) is 0 Å². The van der Waals surface area contributed by atoms with Gasteiger partial charge in [0.25, 0.3) is 5.91 Å². The fourth-order valence-electron chi connectivity index (χ4n) is 4.21. The Morgan fingerprint density at radius 1 is 1.23 bits per heavy atom. The van der Waals surface area contributed by atoms with E-state index in [4.69, 9.17) is 9.15 Å². The summed E-state index contributed by atoms with van der Waals surface area (Å²) in [6.07, 6.45) is 9.42. The van der Waals surface area contributed by atoms with Gasteiger partial charge in [-0.2, -0.15) is 14.6 Å². The van der Waals surface area contributed by atoms with Crippen molar-refractivity contribution in [3.05, 3.63) is 54.4 Å². The third-order valence-corrected chi connectivity index (χ3v) is 5.92. The maximum atomic E-state index is 14.6. The van der Waals surface area contributed by atoms with E-state index in [1.807, 2.05) is 6.92 Å². The van der Waals surface area contributed by atoms with Crippen molar-refractivity contribution in [3.63, 3.8) is 0 Å². The predicted molar refractivity (Wildman–Crippen MR) is 120 cm³/mol. The highest BCUT2D eigenvalue weighted by Gasteiger charge is 2.27. The van der Waals surface area contributed by atoms with Crippen molar-refractivity contribution in [2.24, 2.45) is 0 Å². The van der Waals surface area contributed by atoms with E-state index in [-0.39, 0.29) is 40.8 Å². The standard InChI is InChI=1S/C23H23F2N7O3/c1-2-34-15-5-3-14(4-6-15)32-11-17(21(31-32)20-16(24)7-8-19(25)30-20)28-22(33)18-12-35-23(29-18)13-9-26-27-10-13/h7-12,14-15H,2-6H2,1H3,(H,26,27)(H,28,33)/t14-,15-. The van der Waals surface area contributed by atoms with E-state index in [1.54, 1.807) is 17.1 Å². The van der Waals surface area contributed by atoms with Crippen LogP contribution in [-0.4, -0.2) is 48.6 Å². The minimum atomic E-state index is -0.855. The van der Waals surface area contributed by atoms with Crippen LogP contribution < -0.4 is 5.32 Å². The highest BCUT2D eigenvalue weighted by molar-refractivity contribution is 6.04. The lowest BCUT2D eigenvalue weighted by Crippen LogP contribution is -2.24. The summed E-state index contributed by atoms with van der Waals surface area (Å²) >= 11 is 0. The monoisotopic (exact) mass is 483 g/mol. The van der Waals surface area contributed by atoms with Gasteiger partial charge in [0.2, 0.25) is 11.8 Å². The van der Waals surface area contributed by atoms with Crippen LogP contribution >= 0.6 is 0 Å². The van der Waals surface area contributed by atoms with E-state index in [2.05, 4.69) is 30.6 Å². The summed E-state index contributed by atoms with van der Waals surface area (Å²) < 4.78 is 41.2. The number of aromatic nitrogens is 6. The van der Waals surface area contributed by atoms with Crippen molar-refractivity contribution >= 4 is 11.6 Å². The molecule has 5 rings (SSSR count). The third-order valence-electron chi connectivity index (χ3n) is 5.92. The van der Waals surface area contributed by atoms with E-state index < -0.39 is 17.7 Å². The number of hydrogen-bond donors (Lipinski definition) is 2. The van der Waals surface area contributed by atoms with E-state index in [9.17, 15) is 13.6 Å². The molecule has 4 aromatic heterocycles. The van der Waals surface area contributed by atoms with E-state index in [1.165, 1.54) is 12.5 Å². The van der Waals surface area contributed by atoms with Gasteiger partial charge in [-0.05, 0) is 44.7 Å². The number of oxazole rings is 1. The van der Waals surface area contributed by atoms with Gasteiger partial charge in [0.1, 0.15) is 17.7 Å². The second-order valence-corrected chi connectivity index (χ2v) is 8.20. The molecule has 1 fully saturated rings. The van der Waals surface area contributed by atoms with Crippen LogP contribution in [0.1, 0.15) is 49.1 Å². The maximum Gasteiger partial charge on any atom is 0.277 e. The Balaban J connectivity index is 1.43. The van der Waals surface area contributed by atoms with Gasteiger partial charge in [-0.25, -0.2) is 14.4 Å². The second kappa shape index (κ2) is 9.74. The number of rotatable bonds is 7. The summed E-state index contributed by atoms with van der Waals surface area (Å²) in [7, 11) is 0. The highest BCUT2D eigenvalue weighted by Crippen LogP contribution is 2.34. The van der Waals surface area contributed by atoms with Crippen molar-refractivity contribution in [3.8, 4) is 22.8 Å². The lowest BCUT2D eigenvalue weighted by molar-refractivity contribution is 0.0260. The molecule has 0 unspecified atom stereocenters.